The lowest BCUT2D eigenvalue weighted by atomic mass is 9.97. The molecule has 21 heavy (non-hydrogen) atoms. The van der Waals surface area contributed by atoms with E-state index in [1.54, 1.807) is 0 Å². The minimum absolute atomic E-state index is 0.0188. The highest BCUT2D eigenvalue weighted by Crippen LogP contribution is 2.65. The lowest BCUT2D eigenvalue weighted by molar-refractivity contribution is -0.151. The Morgan fingerprint density at radius 1 is 1.24 bits per heavy atom. The van der Waals surface area contributed by atoms with E-state index in [0.29, 0.717) is 0 Å². The quantitative estimate of drug-likeness (QED) is 0.575. The van der Waals surface area contributed by atoms with Crippen molar-refractivity contribution in [3.05, 3.63) is 35.9 Å². The molecule has 0 bridgehead atoms. The zero-order valence-electron chi connectivity index (χ0n) is 12.0. The Kier molecular flexibility index (Phi) is 4.59. The van der Waals surface area contributed by atoms with Crippen LogP contribution in [0.4, 0.5) is 0 Å². The highest BCUT2D eigenvalue weighted by Gasteiger charge is 2.75. The van der Waals surface area contributed by atoms with Gasteiger partial charge in [0.2, 0.25) is 5.91 Å². The van der Waals surface area contributed by atoms with E-state index in [0.717, 1.165) is 5.56 Å². The molecule has 1 aliphatic rings. The van der Waals surface area contributed by atoms with Crippen LogP contribution in [0.15, 0.2) is 30.3 Å². The Balaban J connectivity index is 2.34. The summed E-state index contributed by atoms with van der Waals surface area (Å²) < 4.78 is 9.90. The molecule has 0 aliphatic heterocycles. The summed E-state index contributed by atoms with van der Waals surface area (Å²) in [5, 5.41) is 12.2. The van der Waals surface area contributed by atoms with Crippen LogP contribution in [0.2, 0.25) is 0 Å². The van der Waals surface area contributed by atoms with Crippen LogP contribution in [-0.4, -0.2) is 44.5 Å². The largest absolute Gasteiger partial charge is 0.480 e. The molecule has 0 spiro atoms. The third-order valence-electron chi connectivity index (χ3n) is 3.98. The van der Waals surface area contributed by atoms with E-state index in [1.807, 2.05) is 30.3 Å². The monoisotopic (exact) mass is 293 g/mol. The first-order valence-electron chi connectivity index (χ1n) is 6.65. The topological polar surface area (TPSA) is 84.9 Å². The standard InChI is InChI=1S/C15H19NO5/c1-20-8-11-12(10-6-4-3-5-7-10)15(11,14(18)19)13(17)16-9-21-2/h3-7,11-12H,8-9H2,1-2H3,(H,16,17)(H,18,19). The van der Waals surface area contributed by atoms with E-state index < -0.39 is 23.2 Å². The molecule has 3 atom stereocenters. The van der Waals surface area contributed by atoms with Crippen LogP contribution in [0.5, 0.6) is 0 Å². The second-order valence-corrected chi connectivity index (χ2v) is 5.06. The Morgan fingerprint density at radius 2 is 1.90 bits per heavy atom. The van der Waals surface area contributed by atoms with Crippen LogP contribution < -0.4 is 5.32 Å². The van der Waals surface area contributed by atoms with E-state index in [-0.39, 0.29) is 19.3 Å². The van der Waals surface area contributed by atoms with Gasteiger partial charge in [-0.15, -0.1) is 0 Å². The molecule has 1 aromatic rings. The predicted octanol–water partition coefficient (Wildman–Crippen LogP) is 0.838. The van der Waals surface area contributed by atoms with Gasteiger partial charge in [0.05, 0.1) is 6.61 Å². The van der Waals surface area contributed by atoms with Gasteiger partial charge in [-0.05, 0) is 5.56 Å². The fraction of sp³-hybridized carbons (Fsp3) is 0.467. The van der Waals surface area contributed by atoms with Gasteiger partial charge in [0.1, 0.15) is 6.73 Å². The molecule has 0 aromatic heterocycles. The molecular formula is C15H19NO5. The van der Waals surface area contributed by atoms with Gasteiger partial charge in [0, 0.05) is 26.1 Å². The molecule has 2 rings (SSSR count). The molecule has 0 heterocycles. The lowest BCUT2D eigenvalue weighted by Gasteiger charge is -2.13. The average Bonchev–Trinajstić information content (AvgIpc) is 3.16. The molecule has 0 radical (unpaired) electrons. The van der Waals surface area contributed by atoms with Gasteiger partial charge in [-0.25, -0.2) is 0 Å². The second-order valence-electron chi connectivity index (χ2n) is 5.06. The molecule has 1 aromatic carbocycles. The molecule has 1 fully saturated rings. The second kappa shape index (κ2) is 6.24. The number of carbonyl (C=O) groups excluding carboxylic acids is 1. The molecule has 1 amide bonds. The van der Waals surface area contributed by atoms with E-state index in [2.05, 4.69) is 5.32 Å². The normalized spacial score (nSPS) is 27.1. The molecular weight excluding hydrogens is 274 g/mol. The highest BCUT2D eigenvalue weighted by molar-refractivity contribution is 6.07. The number of amides is 1. The van der Waals surface area contributed by atoms with Crippen molar-refractivity contribution in [2.45, 2.75) is 5.92 Å². The number of rotatable bonds is 7. The molecule has 6 nitrogen and oxygen atoms in total. The summed E-state index contributed by atoms with van der Waals surface area (Å²) in [7, 11) is 2.93. The minimum Gasteiger partial charge on any atom is -0.480 e. The fourth-order valence-corrected chi connectivity index (χ4v) is 3.00. The molecule has 6 heteroatoms. The minimum atomic E-state index is -1.49. The summed E-state index contributed by atoms with van der Waals surface area (Å²) in [6, 6.07) is 9.18. The maximum absolute atomic E-state index is 12.4. The van der Waals surface area contributed by atoms with Gasteiger partial charge in [0.25, 0.3) is 0 Å². The Morgan fingerprint density at radius 3 is 2.43 bits per heavy atom. The Bertz CT molecular complexity index is 518. The van der Waals surface area contributed by atoms with Gasteiger partial charge in [-0.3, -0.25) is 9.59 Å². The van der Waals surface area contributed by atoms with E-state index >= 15 is 0 Å². The number of nitrogens with one attached hydrogen (secondary N) is 1. The first-order valence-corrected chi connectivity index (χ1v) is 6.65. The van der Waals surface area contributed by atoms with Gasteiger partial charge < -0.3 is 19.9 Å². The van der Waals surface area contributed by atoms with Crippen molar-refractivity contribution in [1.82, 2.24) is 5.32 Å². The molecule has 0 saturated heterocycles. The van der Waals surface area contributed by atoms with Crippen LogP contribution in [0.3, 0.4) is 0 Å². The predicted molar refractivity (Wildman–Crippen MR) is 74.6 cm³/mol. The van der Waals surface area contributed by atoms with Crippen LogP contribution in [0.25, 0.3) is 0 Å². The summed E-state index contributed by atoms with van der Waals surface area (Å²) in [5.41, 5.74) is -0.662. The first-order chi connectivity index (χ1) is 10.1. The third-order valence-corrected chi connectivity index (χ3v) is 3.98. The number of ether oxygens (including phenoxy) is 2. The summed E-state index contributed by atoms with van der Waals surface area (Å²) in [4.78, 5) is 24.2. The zero-order valence-corrected chi connectivity index (χ0v) is 12.0. The first kappa shape index (κ1) is 15.5. The summed E-state index contributed by atoms with van der Waals surface area (Å²) in [5.74, 6) is -2.45. The highest BCUT2D eigenvalue weighted by atomic mass is 16.5. The molecule has 1 aliphatic carbocycles. The molecule has 1 saturated carbocycles. The summed E-state index contributed by atoms with van der Waals surface area (Å²) >= 11 is 0. The van der Waals surface area contributed by atoms with Crippen molar-refractivity contribution in [1.29, 1.82) is 0 Å². The number of hydrogen-bond acceptors (Lipinski definition) is 4. The van der Waals surface area contributed by atoms with Crippen molar-refractivity contribution < 1.29 is 24.2 Å². The number of carboxylic acids is 1. The fourth-order valence-electron chi connectivity index (χ4n) is 3.00. The number of carboxylic acid groups (broad SMARTS) is 1. The van der Waals surface area contributed by atoms with Crippen molar-refractivity contribution in [2.75, 3.05) is 27.6 Å². The van der Waals surface area contributed by atoms with Crippen molar-refractivity contribution in [3.8, 4) is 0 Å². The Hall–Kier alpha value is -1.92. The lowest BCUT2D eigenvalue weighted by Crippen LogP contribution is -2.40. The average molecular weight is 293 g/mol. The van der Waals surface area contributed by atoms with E-state index in [9.17, 15) is 14.7 Å². The van der Waals surface area contributed by atoms with Gasteiger partial charge in [0.15, 0.2) is 5.41 Å². The number of aliphatic carboxylic acids is 1. The smallest absolute Gasteiger partial charge is 0.320 e. The van der Waals surface area contributed by atoms with Gasteiger partial charge >= 0.3 is 5.97 Å². The SMILES string of the molecule is COCNC(=O)C1(C(=O)O)C(COC)C1c1ccccc1. The Labute approximate surface area is 123 Å². The number of benzene rings is 1. The maximum Gasteiger partial charge on any atom is 0.320 e. The van der Waals surface area contributed by atoms with Gasteiger partial charge in [-0.2, -0.15) is 0 Å². The van der Waals surface area contributed by atoms with Crippen molar-refractivity contribution in [2.24, 2.45) is 11.3 Å². The van der Waals surface area contributed by atoms with E-state index in [4.69, 9.17) is 9.47 Å². The molecule has 2 N–H and O–H groups in total. The maximum atomic E-state index is 12.4. The van der Waals surface area contributed by atoms with Crippen molar-refractivity contribution in [3.63, 3.8) is 0 Å². The van der Waals surface area contributed by atoms with E-state index in [1.165, 1.54) is 14.2 Å². The number of carbonyl (C=O) groups is 2. The van der Waals surface area contributed by atoms with Crippen LogP contribution in [0.1, 0.15) is 11.5 Å². The third kappa shape index (κ3) is 2.52. The van der Waals surface area contributed by atoms with Crippen LogP contribution in [0, 0.1) is 11.3 Å². The van der Waals surface area contributed by atoms with Crippen LogP contribution >= 0.6 is 0 Å². The summed E-state index contributed by atoms with van der Waals surface area (Å²) in [6.45, 7) is 0.196. The summed E-state index contributed by atoms with van der Waals surface area (Å²) in [6.07, 6.45) is 0. The molecule has 114 valence electrons. The molecule has 3 unspecified atom stereocenters. The van der Waals surface area contributed by atoms with Crippen molar-refractivity contribution >= 4 is 11.9 Å². The number of hydrogen-bond donors (Lipinski definition) is 2. The number of methoxy groups -OCH3 is 2. The van der Waals surface area contributed by atoms with Gasteiger partial charge in [-0.1, -0.05) is 30.3 Å². The van der Waals surface area contributed by atoms with Crippen LogP contribution in [-0.2, 0) is 19.1 Å². The zero-order chi connectivity index (χ0) is 15.5.